The van der Waals surface area contributed by atoms with E-state index >= 15 is 0 Å². The summed E-state index contributed by atoms with van der Waals surface area (Å²) < 4.78 is 6.10. The molecule has 31 heavy (non-hydrogen) atoms. The first kappa shape index (κ1) is 20.4. The Morgan fingerprint density at radius 3 is 2.48 bits per heavy atom. The minimum absolute atomic E-state index is 0.0546. The first-order valence-corrected chi connectivity index (χ1v) is 11.2. The van der Waals surface area contributed by atoms with E-state index in [0.717, 1.165) is 0 Å². The highest BCUT2D eigenvalue weighted by atomic mass is 16.5. The summed E-state index contributed by atoms with van der Waals surface area (Å²) in [7, 11) is 0. The molecule has 5 rings (SSSR count). The fourth-order valence-electron chi connectivity index (χ4n) is 7.37. The SMILES string of the molecule is C[C@@H]1C=C[C@H](C)[C@H]2[C@H](OC(=O)c3ccccc3)C3C(C(=O)[C@@]21C(=O)O)[C@@H]1C[C@H]3[C@@H](O)C1. The molecule has 0 saturated heterocycles. The van der Waals surface area contributed by atoms with Crippen LogP contribution < -0.4 is 0 Å². The van der Waals surface area contributed by atoms with E-state index in [2.05, 4.69) is 0 Å². The molecule has 10 atom stereocenters. The number of fused-ring (bicyclic) bond motifs is 6. The Balaban J connectivity index is 1.64. The van der Waals surface area contributed by atoms with Crippen LogP contribution in [0.25, 0.3) is 0 Å². The average molecular weight is 424 g/mol. The molecular weight excluding hydrogens is 396 g/mol. The van der Waals surface area contributed by atoms with Crippen LogP contribution in [-0.4, -0.2) is 40.1 Å². The van der Waals surface area contributed by atoms with Crippen molar-refractivity contribution in [2.24, 2.45) is 46.8 Å². The normalized spacial score (nSPS) is 45.1. The topological polar surface area (TPSA) is 101 Å². The number of aliphatic carboxylic acids is 1. The minimum atomic E-state index is -1.62. The maximum absolute atomic E-state index is 13.9. The third kappa shape index (κ3) is 2.63. The molecule has 0 amide bonds. The highest BCUT2D eigenvalue weighted by Gasteiger charge is 2.73. The molecule has 1 aromatic rings. The molecule has 4 aliphatic rings. The van der Waals surface area contributed by atoms with E-state index < -0.39 is 47.3 Å². The van der Waals surface area contributed by atoms with E-state index in [0.29, 0.717) is 18.4 Å². The largest absolute Gasteiger partial charge is 0.480 e. The lowest BCUT2D eigenvalue weighted by Gasteiger charge is -2.56. The summed E-state index contributed by atoms with van der Waals surface area (Å²) >= 11 is 0. The number of esters is 1. The summed E-state index contributed by atoms with van der Waals surface area (Å²) in [4.78, 5) is 39.8. The van der Waals surface area contributed by atoms with Crippen LogP contribution in [0.5, 0.6) is 0 Å². The van der Waals surface area contributed by atoms with Crippen LogP contribution in [0, 0.1) is 46.8 Å². The fraction of sp³-hybridized carbons (Fsp3) is 0.560. The molecule has 0 heterocycles. The van der Waals surface area contributed by atoms with Gasteiger partial charge in [0.05, 0.1) is 11.7 Å². The molecule has 2 bridgehead atoms. The summed E-state index contributed by atoms with van der Waals surface area (Å²) in [6.45, 7) is 3.67. The predicted molar refractivity (Wildman–Crippen MR) is 111 cm³/mol. The number of carboxylic acid groups (broad SMARTS) is 1. The van der Waals surface area contributed by atoms with E-state index in [1.165, 1.54) is 0 Å². The number of carbonyl (C=O) groups excluding carboxylic acids is 2. The summed E-state index contributed by atoms with van der Waals surface area (Å²) in [6.07, 6.45) is 3.68. The quantitative estimate of drug-likeness (QED) is 0.440. The van der Waals surface area contributed by atoms with Crippen molar-refractivity contribution in [1.82, 2.24) is 0 Å². The second-order valence-corrected chi connectivity index (χ2v) is 9.90. The number of carboxylic acids is 1. The molecule has 3 saturated carbocycles. The van der Waals surface area contributed by atoms with Gasteiger partial charge in [0.2, 0.25) is 0 Å². The van der Waals surface area contributed by atoms with Gasteiger partial charge in [-0.15, -0.1) is 0 Å². The molecule has 3 fully saturated rings. The van der Waals surface area contributed by atoms with Crippen molar-refractivity contribution in [3.63, 3.8) is 0 Å². The van der Waals surface area contributed by atoms with Crippen molar-refractivity contribution in [2.75, 3.05) is 0 Å². The number of aliphatic hydroxyl groups is 1. The second-order valence-electron chi connectivity index (χ2n) is 9.90. The van der Waals surface area contributed by atoms with Gasteiger partial charge in [-0.25, -0.2) is 4.79 Å². The molecule has 0 radical (unpaired) electrons. The number of carbonyl (C=O) groups is 3. The molecule has 4 aliphatic carbocycles. The molecule has 1 aromatic carbocycles. The molecule has 0 aliphatic heterocycles. The van der Waals surface area contributed by atoms with Gasteiger partial charge in [-0.05, 0) is 48.6 Å². The number of aliphatic hydroxyl groups excluding tert-OH is 1. The van der Waals surface area contributed by atoms with Crippen molar-refractivity contribution in [2.45, 2.75) is 38.9 Å². The van der Waals surface area contributed by atoms with Crippen molar-refractivity contribution in [3.05, 3.63) is 48.0 Å². The van der Waals surface area contributed by atoms with Gasteiger partial charge in [0.25, 0.3) is 0 Å². The molecule has 2 N–H and O–H groups in total. The number of allylic oxidation sites excluding steroid dienone is 2. The fourth-order valence-corrected chi connectivity index (χ4v) is 7.37. The molecule has 0 aromatic heterocycles. The van der Waals surface area contributed by atoms with Crippen molar-refractivity contribution in [1.29, 1.82) is 0 Å². The van der Waals surface area contributed by atoms with Gasteiger partial charge in [0, 0.05) is 17.8 Å². The van der Waals surface area contributed by atoms with Crippen LogP contribution in [-0.2, 0) is 14.3 Å². The number of hydrogen-bond donors (Lipinski definition) is 2. The Labute approximate surface area is 181 Å². The van der Waals surface area contributed by atoms with Gasteiger partial charge < -0.3 is 14.9 Å². The number of ketones is 1. The van der Waals surface area contributed by atoms with E-state index in [-0.39, 0.29) is 29.5 Å². The van der Waals surface area contributed by atoms with E-state index in [9.17, 15) is 24.6 Å². The van der Waals surface area contributed by atoms with Gasteiger partial charge in [-0.1, -0.05) is 44.2 Å². The molecule has 6 nitrogen and oxygen atoms in total. The third-order valence-corrected chi connectivity index (χ3v) is 8.59. The highest BCUT2D eigenvalue weighted by Crippen LogP contribution is 2.65. The lowest BCUT2D eigenvalue weighted by atomic mass is 9.46. The number of hydrogen-bond acceptors (Lipinski definition) is 5. The van der Waals surface area contributed by atoms with Gasteiger partial charge in [0.1, 0.15) is 11.5 Å². The van der Waals surface area contributed by atoms with Gasteiger partial charge >= 0.3 is 11.9 Å². The minimum Gasteiger partial charge on any atom is -0.480 e. The van der Waals surface area contributed by atoms with Gasteiger partial charge in [-0.3, -0.25) is 9.59 Å². The molecule has 2 unspecified atom stereocenters. The Bertz CT molecular complexity index is 954. The standard InChI is InChI=1S/C25H28O6/c1-12-8-9-13(2)25(24(29)30)20(12)21(31-23(28)14-6-4-3-5-7-14)19-16-10-15(11-17(16)26)18(19)22(25)27/h3-9,12-13,15-21,26H,10-11H2,1-2H3,(H,29,30)/t12-,13+,15+,16-,17-,18?,19?,20-,21+,25-/m0/s1. The highest BCUT2D eigenvalue weighted by molar-refractivity contribution is 6.07. The van der Waals surface area contributed by atoms with Crippen LogP contribution in [0.15, 0.2) is 42.5 Å². The maximum atomic E-state index is 13.9. The van der Waals surface area contributed by atoms with Crippen molar-refractivity contribution in [3.8, 4) is 0 Å². The predicted octanol–water partition coefficient (Wildman–Crippen LogP) is 2.96. The van der Waals surface area contributed by atoms with E-state index in [1.54, 1.807) is 31.2 Å². The Hall–Kier alpha value is -2.47. The second kappa shape index (κ2) is 7.02. The molecule has 6 heteroatoms. The lowest BCUT2D eigenvalue weighted by Crippen LogP contribution is -2.67. The Kier molecular flexibility index (Phi) is 4.63. The molecule has 164 valence electrons. The number of ether oxygens (including phenoxy) is 1. The van der Waals surface area contributed by atoms with Crippen LogP contribution in [0.3, 0.4) is 0 Å². The maximum Gasteiger partial charge on any atom is 0.338 e. The number of Topliss-reactive ketones (excluding diaryl/α,β-unsaturated/α-hetero) is 1. The van der Waals surface area contributed by atoms with Gasteiger partial charge in [0.15, 0.2) is 5.78 Å². The van der Waals surface area contributed by atoms with Crippen LogP contribution in [0.1, 0.15) is 37.0 Å². The summed E-state index contributed by atoms with van der Waals surface area (Å²) in [5, 5.41) is 21.1. The molecule has 0 spiro atoms. The third-order valence-electron chi connectivity index (χ3n) is 8.59. The zero-order valence-electron chi connectivity index (χ0n) is 17.7. The van der Waals surface area contributed by atoms with E-state index in [4.69, 9.17) is 4.74 Å². The molecular formula is C25H28O6. The lowest BCUT2D eigenvalue weighted by molar-refractivity contribution is -0.191. The summed E-state index contributed by atoms with van der Waals surface area (Å²) in [5.41, 5.74) is -1.22. The Morgan fingerprint density at radius 2 is 1.81 bits per heavy atom. The van der Waals surface area contributed by atoms with Gasteiger partial charge in [-0.2, -0.15) is 0 Å². The van der Waals surface area contributed by atoms with Crippen LogP contribution in [0.4, 0.5) is 0 Å². The zero-order valence-corrected chi connectivity index (χ0v) is 17.7. The number of rotatable bonds is 3. The first-order chi connectivity index (χ1) is 14.8. The van der Waals surface area contributed by atoms with E-state index in [1.807, 2.05) is 25.1 Å². The smallest absolute Gasteiger partial charge is 0.338 e. The van der Waals surface area contributed by atoms with Crippen molar-refractivity contribution >= 4 is 17.7 Å². The number of benzene rings is 1. The summed E-state index contributed by atoms with van der Waals surface area (Å²) in [5.74, 6) is -4.32. The van der Waals surface area contributed by atoms with Crippen LogP contribution in [0.2, 0.25) is 0 Å². The van der Waals surface area contributed by atoms with Crippen molar-refractivity contribution < 1.29 is 29.3 Å². The monoisotopic (exact) mass is 424 g/mol. The average Bonchev–Trinajstić information content (AvgIpc) is 3.30. The summed E-state index contributed by atoms with van der Waals surface area (Å²) in [6, 6.07) is 8.65. The Morgan fingerprint density at radius 1 is 1.10 bits per heavy atom. The zero-order chi connectivity index (χ0) is 22.1. The van der Waals surface area contributed by atoms with Crippen LogP contribution >= 0.6 is 0 Å². The first-order valence-electron chi connectivity index (χ1n) is 11.2.